The van der Waals surface area contributed by atoms with Gasteiger partial charge in [0.2, 0.25) is 0 Å². The van der Waals surface area contributed by atoms with Crippen LogP contribution in [0.5, 0.6) is 0 Å². The molecule has 12 heavy (non-hydrogen) atoms. The third-order valence-corrected chi connectivity index (χ3v) is 1.44. The van der Waals surface area contributed by atoms with Crippen LogP contribution < -0.4 is 5.32 Å². The van der Waals surface area contributed by atoms with Gasteiger partial charge in [0.05, 0.1) is 5.56 Å². The standard InChI is InChI=1S/C7H9N3OS/c11-7(10-1-2-12)6-3-8-5-9-4-6/h3-5,12H,1-2H2,(H,10,11). The molecule has 0 aliphatic carbocycles. The highest BCUT2D eigenvalue weighted by atomic mass is 32.1. The first-order chi connectivity index (χ1) is 5.84. The number of nitrogens with one attached hydrogen (secondary N) is 1. The molecule has 1 aromatic heterocycles. The first kappa shape index (κ1) is 8.99. The van der Waals surface area contributed by atoms with Crippen molar-refractivity contribution in [3.8, 4) is 0 Å². The van der Waals surface area contributed by atoms with Crippen LogP contribution >= 0.6 is 12.6 Å². The minimum absolute atomic E-state index is 0.162. The van der Waals surface area contributed by atoms with Crippen molar-refractivity contribution in [3.05, 3.63) is 24.3 Å². The van der Waals surface area contributed by atoms with Gasteiger partial charge < -0.3 is 5.32 Å². The molecule has 64 valence electrons. The Bertz CT molecular complexity index is 252. The van der Waals surface area contributed by atoms with Gasteiger partial charge in [0.1, 0.15) is 6.33 Å². The van der Waals surface area contributed by atoms with E-state index in [2.05, 4.69) is 27.9 Å². The van der Waals surface area contributed by atoms with Crippen LogP contribution in [-0.4, -0.2) is 28.2 Å². The highest BCUT2D eigenvalue weighted by Gasteiger charge is 2.02. The number of hydrogen-bond acceptors (Lipinski definition) is 4. The van der Waals surface area contributed by atoms with E-state index in [9.17, 15) is 4.79 Å². The van der Waals surface area contributed by atoms with Gasteiger partial charge in [-0.25, -0.2) is 9.97 Å². The number of rotatable bonds is 3. The van der Waals surface area contributed by atoms with Crippen LogP contribution in [0.2, 0.25) is 0 Å². The van der Waals surface area contributed by atoms with Gasteiger partial charge in [-0.2, -0.15) is 12.6 Å². The molecule has 0 radical (unpaired) electrons. The highest BCUT2D eigenvalue weighted by molar-refractivity contribution is 7.80. The Morgan fingerprint density at radius 1 is 1.50 bits per heavy atom. The molecule has 0 bridgehead atoms. The lowest BCUT2D eigenvalue weighted by Gasteiger charge is -2.00. The fourth-order valence-electron chi connectivity index (χ4n) is 0.688. The molecule has 0 atom stereocenters. The van der Waals surface area contributed by atoms with E-state index in [1.807, 2.05) is 0 Å². The molecule has 0 aliphatic rings. The van der Waals surface area contributed by atoms with Crippen LogP contribution in [-0.2, 0) is 0 Å². The Balaban J connectivity index is 2.54. The zero-order valence-electron chi connectivity index (χ0n) is 6.40. The largest absolute Gasteiger partial charge is 0.351 e. The molecule has 0 saturated heterocycles. The second-order valence-corrected chi connectivity index (χ2v) is 2.55. The van der Waals surface area contributed by atoms with Crippen molar-refractivity contribution >= 4 is 18.5 Å². The fraction of sp³-hybridized carbons (Fsp3) is 0.286. The summed E-state index contributed by atoms with van der Waals surface area (Å²) in [5, 5.41) is 2.65. The maximum Gasteiger partial charge on any atom is 0.254 e. The summed E-state index contributed by atoms with van der Waals surface area (Å²) in [5.74, 6) is 0.462. The van der Waals surface area contributed by atoms with Crippen molar-refractivity contribution in [2.24, 2.45) is 0 Å². The second kappa shape index (κ2) is 4.71. The zero-order chi connectivity index (χ0) is 8.81. The van der Waals surface area contributed by atoms with Gasteiger partial charge in [0.25, 0.3) is 5.91 Å². The van der Waals surface area contributed by atoms with Gasteiger partial charge in [-0.3, -0.25) is 4.79 Å². The Labute approximate surface area is 75.8 Å². The molecule has 0 fully saturated rings. The highest BCUT2D eigenvalue weighted by Crippen LogP contribution is 1.91. The predicted octanol–water partition coefficient (Wildman–Crippen LogP) is 0.136. The summed E-state index contributed by atoms with van der Waals surface area (Å²) in [6, 6.07) is 0. The van der Waals surface area contributed by atoms with E-state index >= 15 is 0 Å². The van der Waals surface area contributed by atoms with E-state index < -0.39 is 0 Å². The van der Waals surface area contributed by atoms with E-state index in [4.69, 9.17) is 0 Å². The topological polar surface area (TPSA) is 54.9 Å². The molecule has 1 rings (SSSR count). The Morgan fingerprint density at radius 3 is 2.75 bits per heavy atom. The Hall–Kier alpha value is -1.10. The minimum atomic E-state index is -0.162. The van der Waals surface area contributed by atoms with Gasteiger partial charge in [0.15, 0.2) is 0 Å². The first-order valence-electron chi connectivity index (χ1n) is 3.48. The minimum Gasteiger partial charge on any atom is -0.351 e. The first-order valence-corrected chi connectivity index (χ1v) is 4.12. The number of thiol groups is 1. The summed E-state index contributed by atoms with van der Waals surface area (Å²) in [5.41, 5.74) is 0.472. The monoisotopic (exact) mass is 183 g/mol. The smallest absolute Gasteiger partial charge is 0.254 e. The van der Waals surface area contributed by atoms with E-state index in [0.717, 1.165) is 0 Å². The molecule has 0 spiro atoms. The Kier molecular flexibility index (Phi) is 3.53. The zero-order valence-corrected chi connectivity index (χ0v) is 7.29. The molecule has 0 saturated carbocycles. The lowest BCUT2D eigenvalue weighted by Crippen LogP contribution is -2.25. The molecule has 1 heterocycles. The van der Waals surface area contributed by atoms with Crippen LogP contribution in [0, 0.1) is 0 Å². The second-order valence-electron chi connectivity index (χ2n) is 2.11. The summed E-state index contributed by atoms with van der Waals surface area (Å²) >= 11 is 3.96. The van der Waals surface area contributed by atoms with Gasteiger partial charge in [-0.05, 0) is 0 Å². The van der Waals surface area contributed by atoms with E-state index in [0.29, 0.717) is 17.9 Å². The molecular formula is C7H9N3OS. The molecular weight excluding hydrogens is 174 g/mol. The summed E-state index contributed by atoms with van der Waals surface area (Å²) < 4.78 is 0. The molecule has 0 aliphatic heterocycles. The summed E-state index contributed by atoms with van der Waals surface area (Å²) in [4.78, 5) is 18.6. The average Bonchev–Trinajstić information content (AvgIpc) is 2.15. The molecule has 1 aromatic rings. The molecule has 1 N–H and O–H groups in total. The van der Waals surface area contributed by atoms with Crippen molar-refractivity contribution in [2.45, 2.75) is 0 Å². The van der Waals surface area contributed by atoms with Gasteiger partial charge in [-0.15, -0.1) is 0 Å². The molecule has 1 amide bonds. The van der Waals surface area contributed by atoms with Gasteiger partial charge in [0, 0.05) is 24.7 Å². The Morgan fingerprint density at radius 2 is 2.17 bits per heavy atom. The number of carbonyl (C=O) groups excluding carboxylic acids is 1. The SMILES string of the molecule is O=C(NCCS)c1cncnc1. The van der Waals surface area contributed by atoms with Crippen LogP contribution in [0.15, 0.2) is 18.7 Å². The summed E-state index contributed by atoms with van der Waals surface area (Å²) in [7, 11) is 0. The molecule has 0 unspecified atom stereocenters. The predicted molar refractivity (Wildman–Crippen MR) is 48.2 cm³/mol. The normalized spacial score (nSPS) is 9.42. The molecule has 4 nitrogen and oxygen atoms in total. The summed E-state index contributed by atoms with van der Waals surface area (Å²) in [6.45, 7) is 0.552. The van der Waals surface area contributed by atoms with Crippen LogP contribution in [0.25, 0.3) is 0 Å². The number of nitrogens with zero attached hydrogens (tertiary/aromatic N) is 2. The van der Waals surface area contributed by atoms with Crippen molar-refractivity contribution in [1.82, 2.24) is 15.3 Å². The number of aromatic nitrogens is 2. The van der Waals surface area contributed by atoms with Crippen LogP contribution in [0.4, 0.5) is 0 Å². The molecule has 0 aromatic carbocycles. The lowest BCUT2D eigenvalue weighted by atomic mass is 10.3. The van der Waals surface area contributed by atoms with E-state index in [-0.39, 0.29) is 5.91 Å². The maximum absolute atomic E-state index is 11.2. The van der Waals surface area contributed by atoms with Crippen molar-refractivity contribution in [1.29, 1.82) is 0 Å². The van der Waals surface area contributed by atoms with Crippen molar-refractivity contribution < 1.29 is 4.79 Å². The number of carbonyl (C=O) groups is 1. The maximum atomic E-state index is 11.2. The van der Waals surface area contributed by atoms with Gasteiger partial charge >= 0.3 is 0 Å². The fourth-order valence-corrected chi connectivity index (χ4v) is 0.800. The summed E-state index contributed by atoms with van der Waals surface area (Å²) in [6.07, 6.45) is 4.33. The van der Waals surface area contributed by atoms with Gasteiger partial charge in [-0.1, -0.05) is 0 Å². The average molecular weight is 183 g/mol. The quantitative estimate of drug-likeness (QED) is 0.655. The van der Waals surface area contributed by atoms with Crippen molar-refractivity contribution in [3.63, 3.8) is 0 Å². The third kappa shape index (κ3) is 2.50. The van der Waals surface area contributed by atoms with E-state index in [1.54, 1.807) is 0 Å². The molecule has 5 heteroatoms. The van der Waals surface area contributed by atoms with E-state index in [1.165, 1.54) is 18.7 Å². The van der Waals surface area contributed by atoms with Crippen molar-refractivity contribution in [2.75, 3.05) is 12.3 Å². The third-order valence-electron chi connectivity index (χ3n) is 1.22. The van der Waals surface area contributed by atoms with Crippen LogP contribution in [0.1, 0.15) is 10.4 Å². The number of hydrogen-bond donors (Lipinski definition) is 2. The number of amides is 1. The lowest BCUT2D eigenvalue weighted by molar-refractivity contribution is 0.0955. The van der Waals surface area contributed by atoms with Crippen LogP contribution in [0.3, 0.4) is 0 Å².